The summed E-state index contributed by atoms with van der Waals surface area (Å²) in [5, 5.41) is 0. The van der Waals surface area contributed by atoms with Crippen LogP contribution < -0.4 is 0 Å². The van der Waals surface area contributed by atoms with Crippen LogP contribution in [0.2, 0.25) is 0 Å². The smallest absolute Gasteiger partial charge is 0.0477 e. The Morgan fingerprint density at radius 3 is 1.94 bits per heavy atom. The van der Waals surface area contributed by atoms with Gasteiger partial charge in [0.15, 0.2) is 0 Å². The van der Waals surface area contributed by atoms with Gasteiger partial charge in [0, 0.05) is 17.9 Å². The minimum Gasteiger partial charge on any atom is -0.0622 e. The summed E-state index contributed by atoms with van der Waals surface area (Å²) in [5.74, 6) is 0. The van der Waals surface area contributed by atoms with E-state index in [1.165, 1.54) is 5.56 Å². The Morgan fingerprint density at radius 1 is 0.688 bits per heavy atom. The summed E-state index contributed by atoms with van der Waals surface area (Å²) in [4.78, 5) is 0. The molecule has 16 heavy (non-hydrogen) atoms. The first kappa shape index (κ1) is 12.8. The highest BCUT2D eigenvalue weighted by atomic mass is 79.9. The topological polar surface area (TPSA) is 0 Å². The van der Waals surface area contributed by atoms with Crippen molar-refractivity contribution in [2.45, 2.75) is 0 Å². The number of halogens is 4. The molecule has 0 saturated heterocycles. The molecule has 0 nitrogen and oxygen atoms in total. The normalized spacial score (nSPS) is 10.5. The molecular formula is C12H6Br4. The van der Waals surface area contributed by atoms with Crippen LogP contribution in [0.25, 0.3) is 11.1 Å². The third-order valence-corrected chi connectivity index (χ3v) is 6.85. The zero-order chi connectivity index (χ0) is 11.7. The molecule has 0 saturated carbocycles. The number of hydrogen-bond donors (Lipinski definition) is 0. The molecule has 0 amide bonds. The van der Waals surface area contributed by atoms with Gasteiger partial charge < -0.3 is 0 Å². The third-order valence-electron chi connectivity index (χ3n) is 2.19. The molecule has 0 aromatic heterocycles. The highest BCUT2D eigenvalue weighted by molar-refractivity contribution is 9.15. The van der Waals surface area contributed by atoms with E-state index in [-0.39, 0.29) is 0 Å². The minimum absolute atomic E-state index is 1.01. The zero-order valence-corrected chi connectivity index (χ0v) is 14.3. The van der Waals surface area contributed by atoms with Gasteiger partial charge in [-0.1, -0.05) is 30.3 Å². The summed E-state index contributed by atoms with van der Waals surface area (Å²) >= 11 is 14.2. The molecule has 2 aromatic rings. The van der Waals surface area contributed by atoms with Crippen molar-refractivity contribution in [2.24, 2.45) is 0 Å². The predicted molar refractivity (Wildman–Crippen MR) is 82.7 cm³/mol. The van der Waals surface area contributed by atoms with Crippen molar-refractivity contribution in [1.29, 1.82) is 0 Å². The van der Waals surface area contributed by atoms with Gasteiger partial charge in [0.05, 0.1) is 0 Å². The Bertz CT molecular complexity index is 520. The second-order valence-electron chi connectivity index (χ2n) is 3.21. The van der Waals surface area contributed by atoms with E-state index in [0.717, 1.165) is 23.5 Å². The second kappa shape index (κ2) is 5.34. The second-order valence-corrected chi connectivity index (χ2v) is 6.45. The van der Waals surface area contributed by atoms with Crippen molar-refractivity contribution in [2.75, 3.05) is 0 Å². The third kappa shape index (κ3) is 2.45. The van der Waals surface area contributed by atoms with E-state index in [1.807, 2.05) is 18.2 Å². The van der Waals surface area contributed by atoms with Gasteiger partial charge >= 0.3 is 0 Å². The minimum atomic E-state index is 1.01. The van der Waals surface area contributed by atoms with Gasteiger partial charge in [-0.2, -0.15) is 0 Å². The Kier molecular flexibility index (Phi) is 4.27. The lowest BCUT2D eigenvalue weighted by atomic mass is 10.1. The standard InChI is InChI=1S/C12H6Br4/c13-9-6-8(7-4-2-1-3-5-7)10(14)12(16)11(9)15/h1-6H. The molecular weight excluding hydrogens is 464 g/mol. The molecule has 0 unspecified atom stereocenters. The lowest BCUT2D eigenvalue weighted by Gasteiger charge is -2.10. The average Bonchev–Trinajstić information content (AvgIpc) is 2.32. The largest absolute Gasteiger partial charge is 0.0622 e. The van der Waals surface area contributed by atoms with Crippen molar-refractivity contribution in [1.82, 2.24) is 0 Å². The lowest BCUT2D eigenvalue weighted by Crippen LogP contribution is -1.84. The van der Waals surface area contributed by atoms with Crippen molar-refractivity contribution in [3.63, 3.8) is 0 Å². The molecule has 0 atom stereocenters. The van der Waals surface area contributed by atoms with E-state index in [0.29, 0.717) is 0 Å². The Morgan fingerprint density at radius 2 is 1.31 bits per heavy atom. The van der Waals surface area contributed by atoms with Crippen molar-refractivity contribution in [3.05, 3.63) is 54.3 Å². The van der Waals surface area contributed by atoms with Crippen LogP contribution in [0.5, 0.6) is 0 Å². The monoisotopic (exact) mass is 466 g/mol. The molecule has 2 rings (SSSR count). The van der Waals surface area contributed by atoms with Crippen LogP contribution in [-0.2, 0) is 0 Å². The highest BCUT2D eigenvalue weighted by Crippen LogP contribution is 2.42. The summed E-state index contributed by atoms with van der Waals surface area (Å²) in [5.41, 5.74) is 2.34. The number of rotatable bonds is 1. The molecule has 82 valence electrons. The summed E-state index contributed by atoms with van der Waals surface area (Å²) in [6.07, 6.45) is 0. The van der Waals surface area contributed by atoms with Gasteiger partial charge in [-0.3, -0.25) is 0 Å². The van der Waals surface area contributed by atoms with Crippen LogP contribution in [0.15, 0.2) is 54.3 Å². The van der Waals surface area contributed by atoms with Gasteiger partial charge in [0.1, 0.15) is 0 Å². The summed E-state index contributed by atoms with van der Waals surface area (Å²) in [6.45, 7) is 0. The zero-order valence-electron chi connectivity index (χ0n) is 7.98. The van der Waals surface area contributed by atoms with E-state index in [4.69, 9.17) is 0 Å². The maximum absolute atomic E-state index is 3.60. The molecule has 2 aromatic carbocycles. The maximum atomic E-state index is 3.60. The van der Waals surface area contributed by atoms with Crippen LogP contribution in [-0.4, -0.2) is 0 Å². The average molecular weight is 470 g/mol. The number of benzene rings is 2. The fourth-order valence-electron chi connectivity index (χ4n) is 1.40. The molecule has 0 spiro atoms. The van der Waals surface area contributed by atoms with E-state index in [1.54, 1.807) is 0 Å². The fraction of sp³-hybridized carbons (Fsp3) is 0. The van der Waals surface area contributed by atoms with Crippen molar-refractivity contribution in [3.8, 4) is 11.1 Å². The molecule has 0 aliphatic heterocycles. The van der Waals surface area contributed by atoms with Gasteiger partial charge in [-0.05, 0) is 80.9 Å². The molecule has 0 heterocycles. The quantitative estimate of drug-likeness (QED) is 0.335. The predicted octanol–water partition coefficient (Wildman–Crippen LogP) is 6.40. The van der Waals surface area contributed by atoms with Crippen molar-refractivity contribution >= 4 is 63.7 Å². The first-order valence-corrected chi connectivity index (χ1v) is 7.67. The van der Waals surface area contributed by atoms with Crippen LogP contribution >= 0.6 is 63.7 Å². The lowest BCUT2D eigenvalue weighted by molar-refractivity contribution is 1.48. The molecule has 0 bridgehead atoms. The van der Waals surface area contributed by atoms with E-state index >= 15 is 0 Å². The maximum Gasteiger partial charge on any atom is 0.0477 e. The van der Waals surface area contributed by atoms with Crippen LogP contribution in [0.4, 0.5) is 0 Å². The van der Waals surface area contributed by atoms with E-state index < -0.39 is 0 Å². The molecule has 0 radical (unpaired) electrons. The van der Waals surface area contributed by atoms with Crippen LogP contribution in [0, 0.1) is 0 Å². The Balaban J connectivity index is 2.68. The van der Waals surface area contributed by atoms with Gasteiger partial charge in [-0.25, -0.2) is 0 Å². The SMILES string of the molecule is Brc1cc(-c2ccccc2)c(Br)c(Br)c1Br. The molecule has 0 aliphatic rings. The molecule has 0 N–H and O–H groups in total. The van der Waals surface area contributed by atoms with Crippen LogP contribution in [0.1, 0.15) is 0 Å². The molecule has 4 heteroatoms. The van der Waals surface area contributed by atoms with Crippen LogP contribution in [0.3, 0.4) is 0 Å². The van der Waals surface area contributed by atoms with E-state index in [9.17, 15) is 0 Å². The number of hydrogen-bond acceptors (Lipinski definition) is 0. The Labute approximate surface area is 128 Å². The first-order chi connectivity index (χ1) is 7.61. The molecule has 0 aliphatic carbocycles. The van der Waals surface area contributed by atoms with Gasteiger partial charge in [0.2, 0.25) is 0 Å². The molecule has 0 fully saturated rings. The summed E-state index contributed by atoms with van der Waals surface area (Å²) in [6, 6.07) is 12.4. The van der Waals surface area contributed by atoms with Crippen molar-refractivity contribution < 1.29 is 0 Å². The first-order valence-electron chi connectivity index (χ1n) is 4.49. The van der Waals surface area contributed by atoms with E-state index in [2.05, 4.69) is 81.9 Å². The highest BCUT2D eigenvalue weighted by Gasteiger charge is 2.12. The van der Waals surface area contributed by atoms with Gasteiger partial charge in [-0.15, -0.1) is 0 Å². The summed E-state index contributed by atoms with van der Waals surface area (Å²) in [7, 11) is 0. The van der Waals surface area contributed by atoms with Gasteiger partial charge in [0.25, 0.3) is 0 Å². The summed E-state index contributed by atoms with van der Waals surface area (Å²) < 4.78 is 4.11. The fourth-order valence-corrected chi connectivity index (χ4v) is 3.64. The Hall–Kier alpha value is 0.360.